The van der Waals surface area contributed by atoms with E-state index in [1.54, 1.807) is 31.5 Å². The van der Waals surface area contributed by atoms with Crippen molar-refractivity contribution >= 4 is 0 Å². The van der Waals surface area contributed by atoms with Gasteiger partial charge in [-0.3, -0.25) is 0 Å². The molecule has 1 aromatic heterocycles. The van der Waals surface area contributed by atoms with E-state index >= 15 is 0 Å². The Hall–Kier alpha value is -2.24. The third-order valence-electron chi connectivity index (χ3n) is 4.92. The summed E-state index contributed by atoms with van der Waals surface area (Å²) in [6, 6.07) is 7.17. The highest BCUT2D eigenvalue weighted by atomic mass is 19.1. The number of aromatic nitrogens is 2. The van der Waals surface area contributed by atoms with Crippen LogP contribution in [0.15, 0.2) is 36.7 Å². The van der Waals surface area contributed by atoms with E-state index < -0.39 is 12.3 Å². The number of benzene rings is 1. The van der Waals surface area contributed by atoms with Crippen LogP contribution in [0.5, 0.6) is 11.5 Å². The fraction of sp³-hybridized carbons (Fsp3) is 0.583. The van der Waals surface area contributed by atoms with E-state index in [1.165, 1.54) is 25.7 Å². The summed E-state index contributed by atoms with van der Waals surface area (Å²) in [5, 5.41) is 0. The van der Waals surface area contributed by atoms with Crippen LogP contribution in [0.25, 0.3) is 11.4 Å². The molecule has 4 nitrogen and oxygen atoms in total. The molecule has 0 aliphatic rings. The molecular formula is C24H34F2N2O2. The van der Waals surface area contributed by atoms with Gasteiger partial charge in [0.2, 0.25) is 0 Å². The minimum atomic E-state index is -0.972. The normalized spacial score (nSPS) is 13.1. The van der Waals surface area contributed by atoms with Gasteiger partial charge in [0, 0.05) is 5.56 Å². The van der Waals surface area contributed by atoms with Gasteiger partial charge in [-0.1, -0.05) is 52.4 Å². The minimum Gasteiger partial charge on any atom is -0.491 e. The van der Waals surface area contributed by atoms with Gasteiger partial charge in [0.1, 0.15) is 31.3 Å². The van der Waals surface area contributed by atoms with Gasteiger partial charge in [-0.15, -0.1) is 0 Å². The fourth-order valence-electron chi connectivity index (χ4n) is 2.96. The molecule has 0 N–H and O–H groups in total. The second-order valence-corrected chi connectivity index (χ2v) is 7.55. The van der Waals surface area contributed by atoms with Crippen molar-refractivity contribution in [2.75, 3.05) is 13.2 Å². The van der Waals surface area contributed by atoms with Crippen LogP contribution in [0.3, 0.4) is 0 Å². The standard InChI is InChI=1S/C24H34F2N2O2/c1-3-5-6-7-8-9-10-21(26)18-30-23-15-27-24(28-16-23)19-11-13-22(14-12-19)29-17-20(25)4-2/h11-16,20-21H,3-10,17-18H2,1-2H3/t20-,21+/m1/s1. The molecule has 0 spiro atoms. The Labute approximate surface area is 179 Å². The maximum Gasteiger partial charge on any atom is 0.159 e. The SMILES string of the molecule is CCCCCCCC[C@H](F)COc1cnc(-c2ccc(OC[C@H](F)CC)cc2)nc1. The fourth-order valence-corrected chi connectivity index (χ4v) is 2.96. The first-order chi connectivity index (χ1) is 14.6. The molecule has 0 fully saturated rings. The van der Waals surface area contributed by atoms with Gasteiger partial charge in [-0.2, -0.15) is 0 Å². The highest BCUT2D eigenvalue weighted by molar-refractivity contribution is 5.56. The molecule has 0 aliphatic heterocycles. The molecule has 166 valence electrons. The summed E-state index contributed by atoms with van der Waals surface area (Å²) in [5.41, 5.74) is 0.813. The third kappa shape index (κ3) is 9.06. The van der Waals surface area contributed by atoms with Gasteiger partial charge in [0.15, 0.2) is 11.6 Å². The van der Waals surface area contributed by atoms with Crippen molar-refractivity contribution in [2.24, 2.45) is 0 Å². The Morgan fingerprint density at radius 1 is 0.767 bits per heavy atom. The van der Waals surface area contributed by atoms with Crippen LogP contribution >= 0.6 is 0 Å². The quantitative estimate of drug-likeness (QED) is 0.299. The molecule has 6 heteroatoms. The van der Waals surface area contributed by atoms with Gasteiger partial charge in [-0.25, -0.2) is 18.7 Å². The van der Waals surface area contributed by atoms with Crippen LogP contribution < -0.4 is 9.47 Å². The van der Waals surface area contributed by atoms with Crippen LogP contribution in [0, 0.1) is 0 Å². The number of ether oxygens (including phenoxy) is 2. The van der Waals surface area contributed by atoms with Crippen LogP contribution in [-0.2, 0) is 0 Å². The Bertz CT molecular complexity index is 695. The highest BCUT2D eigenvalue weighted by Gasteiger charge is 2.09. The summed E-state index contributed by atoms with van der Waals surface area (Å²) in [7, 11) is 0. The lowest BCUT2D eigenvalue weighted by Crippen LogP contribution is -2.13. The van der Waals surface area contributed by atoms with Gasteiger partial charge in [-0.05, 0) is 37.1 Å². The summed E-state index contributed by atoms with van der Waals surface area (Å²) in [6.07, 6.45) is 9.01. The van der Waals surface area contributed by atoms with E-state index in [-0.39, 0.29) is 13.2 Å². The van der Waals surface area contributed by atoms with Crippen molar-refractivity contribution in [3.63, 3.8) is 0 Å². The molecule has 0 aliphatic carbocycles. The zero-order valence-electron chi connectivity index (χ0n) is 18.2. The maximum absolute atomic E-state index is 14.0. The van der Waals surface area contributed by atoms with Gasteiger partial charge in [0.25, 0.3) is 0 Å². The molecule has 1 heterocycles. The molecule has 0 bridgehead atoms. The number of rotatable bonds is 15. The zero-order valence-corrected chi connectivity index (χ0v) is 18.2. The van der Waals surface area contributed by atoms with Crippen molar-refractivity contribution in [3.05, 3.63) is 36.7 Å². The van der Waals surface area contributed by atoms with Crippen LogP contribution in [-0.4, -0.2) is 35.5 Å². The van der Waals surface area contributed by atoms with Crippen molar-refractivity contribution in [3.8, 4) is 22.9 Å². The zero-order chi connectivity index (χ0) is 21.6. The number of halogens is 2. The second-order valence-electron chi connectivity index (χ2n) is 7.55. The predicted molar refractivity (Wildman–Crippen MR) is 117 cm³/mol. The van der Waals surface area contributed by atoms with Crippen molar-refractivity contribution in [2.45, 2.75) is 77.6 Å². The Morgan fingerprint density at radius 3 is 2.03 bits per heavy atom. The number of hydrogen-bond acceptors (Lipinski definition) is 4. The molecule has 0 saturated carbocycles. The van der Waals surface area contributed by atoms with E-state index in [4.69, 9.17) is 9.47 Å². The lowest BCUT2D eigenvalue weighted by molar-refractivity contribution is 0.183. The van der Waals surface area contributed by atoms with E-state index in [2.05, 4.69) is 16.9 Å². The lowest BCUT2D eigenvalue weighted by Gasteiger charge is -2.11. The molecule has 30 heavy (non-hydrogen) atoms. The summed E-state index contributed by atoms with van der Waals surface area (Å²) in [5.74, 6) is 1.60. The monoisotopic (exact) mass is 420 g/mol. The van der Waals surface area contributed by atoms with Gasteiger partial charge < -0.3 is 9.47 Å². The van der Waals surface area contributed by atoms with E-state index in [9.17, 15) is 8.78 Å². The predicted octanol–water partition coefficient (Wildman–Crippen LogP) is 6.74. The molecule has 2 aromatic rings. The smallest absolute Gasteiger partial charge is 0.159 e. The minimum absolute atomic E-state index is 0.0248. The molecule has 0 saturated heterocycles. The number of unbranched alkanes of at least 4 members (excludes halogenated alkanes) is 5. The number of hydrogen-bond donors (Lipinski definition) is 0. The average molecular weight is 421 g/mol. The summed E-state index contributed by atoms with van der Waals surface area (Å²) >= 11 is 0. The lowest BCUT2D eigenvalue weighted by atomic mass is 10.1. The summed E-state index contributed by atoms with van der Waals surface area (Å²) < 4.78 is 38.1. The Balaban J connectivity index is 1.72. The Morgan fingerprint density at radius 2 is 1.37 bits per heavy atom. The molecular weight excluding hydrogens is 386 g/mol. The summed E-state index contributed by atoms with van der Waals surface area (Å²) in [6.45, 7) is 4.04. The average Bonchev–Trinajstić information content (AvgIpc) is 2.79. The molecule has 0 radical (unpaired) electrons. The first-order valence-corrected chi connectivity index (χ1v) is 11.1. The van der Waals surface area contributed by atoms with E-state index in [1.807, 2.05) is 12.1 Å². The van der Waals surface area contributed by atoms with Crippen LogP contribution in [0.1, 0.15) is 65.2 Å². The topological polar surface area (TPSA) is 44.2 Å². The highest BCUT2D eigenvalue weighted by Crippen LogP contribution is 2.21. The van der Waals surface area contributed by atoms with Crippen molar-refractivity contribution in [1.82, 2.24) is 9.97 Å². The molecule has 0 unspecified atom stereocenters. The number of nitrogens with zero attached hydrogens (tertiary/aromatic N) is 2. The molecule has 0 amide bonds. The van der Waals surface area contributed by atoms with Crippen LogP contribution in [0.2, 0.25) is 0 Å². The molecule has 2 rings (SSSR count). The largest absolute Gasteiger partial charge is 0.491 e. The van der Waals surface area contributed by atoms with Crippen molar-refractivity contribution in [1.29, 1.82) is 0 Å². The van der Waals surface area contributed by atoms with E-state index in [0.717, 1.165) is 18.4 Å². The third-order valence-corrected chi connectivity index (χ3v) is 4.92. The van der Waals surface area contributed by atoms with Gasteiger partial charge >= 0.3 is 0 Å². The van der Waals surface area contributed by atoms with Gasteiger partial charge in [0.05, 0.1) is 12.4 Å². The maximum atomic E-state index is 14.0. The van der Waals surface area contributed by atoms with E-state index in [0.29, 0.717) is 30.2 Å². The van der Waals surface area contributed by atoms with Crippen LogP contribution in [0.4, 0.5) is 8.78 Å². The first-order valence-electron chi connectivity index (χ1n) is 11.1. The Kier molecular flexibility index (Phi) is 11.1. The molecule has 1 aromatic carbocycles. The second kappa shape index (κ2) is 13.9. The molecule has 2 atom stereocenters. The van der Waals surface area contributed by atoms with Crippen molar-refractivity contribution < 1.29 is 18.3 Å². The first kappa shape index (κ1) is 24.0. The number of alkyl halides is 2. The summed E-state index contributed by atoms with van der Waals surface area (Å²) in [4.78, 5) is 8.58.